The van der Waals surface area contributed by atoms with Gasteiger partial charge in [0, 0.05) is 18.8 Å². The summed E-state index contributed by atoms with van der Waals surface area (Å²) in [4.78, 5) is 12.2. The van der Waals surface area contributed by atoms with E-state index in [0.717, 1.165) is 31.0 Å². The second kappa shape index (κ2) is 4.34. The quantitative estimate of drug-likeness (QED) is 0.837. The number of carbonyl (C=O) groups excluding carboxylic acids is 1. The van der Waals surface area contributed by atoms with Crippen LogP contribution in [0.25, 0.3) is 0 Å². The van der Waals surface area contributed by atoms with Crippen LogP contribution in [0.1, 0.15) is 49.1 Å². The lowest BCUT2D eigenvalue weighted by Gasteiger charge is -2.12. The zero-order valence-corrected chi connectivity index (χ0v) is 10.9. The number of hydrogen-bond donors (Lipinski definition) is 2. The van der Waals surface area contributed by atoms with Gasteiger partial charge in [0.2, 0.25) is 0 Å². The van der Waals surface area contributed by atoms with Crippen LogP contribution in [0.2, 0.25) is 0 Å². The third kappa shape index (κ3) is 2.37. The molecule has 3 N–H and O–H groups in total. The van der Waals surface area contributed by atoms with Crippen LogP contribution in [-0.4, -0.2) is 17.0 Å². The lowest BCUT2D eigenvalue weighted by Crippen LogP contribution is -2.30. The molecule has 0 aliphatic heterocycles. The summed E-state index contributed by atoms with van der Waals surface area (Å²) in [6.07, 6.45) is 6.85. The van der Waals surface area contributed by atoms with Crippen LogP contribution in [0.3, 0.4) is 0 Å². The average Bonchev–Trinajstić information content (AvgIpc) is 3.23. The highest BCUT2D eigenvalue weighted by molar-refractivity contribution is 5.93. The third-order valence-electron chi connectivity index (χ3n) is 4.05. The molecular weight excluding hydrogens is 226 g/mol. The van der Waals surface area contributed by atoms with Crippen molar-refractivity contribution in [3.8, 4) is 0 Å². The molecule has 1 aromatic heterocycles. The van der Waals surface area contributed by atoms with Gasteiger partial charge in [-0.15, -0.1) is 0 Å². The summed E-state index contributed by atoms with van der Waals surface area (Å²) < 4.78 is 2.03. The standard InChI is InChI=1S/C14H21N3O/c1-9(10-2-3-10)7-16-14(18)13-6-11(15)8-17(13)12-4-5-12/h6,8-10,12H,2-5,7,15H2,1H3,(H,16,18). The van der Waals surface area contributed by atoms with Crippen molar-refractivity contribution in [3.63, 3.8) is 0 Å². The monoisotopic (exact) mass is 247 g/mol. The minimum absolute atomic E-state index is 0.0195. The molecule has 0 aromatic carbocycles. The number of amides is 1. The van der Waals surface area contributed by atoms with E-state index >= 15 is 0 Å². The predicted molar refractivity (Wildman–Crippen MR) is 71.3 cm³/mol. The number of anilines is 1. The molecule has 1 aromatic rings. The van der Waals surface area contributed by atoms with E-state index in [1.165, 1.54) is 12.8 Å². The highest BCUT2D eigenvalue weighted by Gasteiger charge is 2.30. The Hall–Kier alpha value is -1.45. The Balaban J connectivity index is 1.63. The van der Waals surface area contributed by atoms with Crippen LogP contribution >= 0.6 is 0 Å². The van der Waals surface area contributed by atoms with Crippen LogP contribution in [0.15, 0.2) is 12.3 Å². The summed E-state index contributed by atoms with van der Waals surface area (Å²) in [5.41, 5.74) is 7.20. The molecule has 1 heterocycles. The highest BCUT2D eigenvalue weighted by Crippen LogP contribution is 2.37. The number of nitrogens with one attached hydrogen (secondary N) is 1. The average molecular weight is 247 g/mol. The molecule has 2 aliphatic carbocycles. The van der Waals surface area contributed by atoms with Crippen LogP contribution in [0, 0.1) is 11.8 Å². The third-order valence-corrected chi connectivity index (χ3v) is 4.05. The minimum Gasteiger partial charge on any atom is -0.397 e. The number of rotatable bonds is 5. The van der Waals surface area contributed by atoms with Gasteiger partial charge in [0.25, 0.3) is 5.91 Å². The molecule has 4 heteroatoms. The number of nitrogen functional groups attached to an aromatic ring is 1. The maximum Gasteiger partial charge on any atom is 0.268 e. The van der Waals surface area contributed by atoms with Gasteiger partial charge >= 0.3 is 0 Å². The number of nitrogens with two attached hydrogens (primary N) is 1. The van der Waals surface area contributed by atoms with Crippen molar-refractivity contribution < 1.29 is 4.79 Å². The molecule has 18 heavy (non-hydrogen) atoms. The predicted octanol–water partition coefficient (Wildman–Crippen LogP) is 2.18. The normalized spacial score (nSPS) is 20.7. The topological polar surface area (TPSA) is 60.1 Å². The molecule has 2 aliphatic rings. The van der Waals surface area contributed by atoms with Crippen molar-refractivity contribution in [2.45, 2.75) is 38.6 Å². The summed E-state index contributed by atoms with van der Waals surface area (Å²) in [5, 5.41) is 3.04. The molecule has 2 fully saturated rings. The molecule has 1 atom stereocenters. The lowest BCUT2D eigenvalue weighted by molar-refractivity contribution is 0.0937. The van der Waals surface area contributed by atoms with E-state index in [2.05, 4.69) is 12.2 Å². The van der Waals surface area contributed by atoms with Gasteiger partial charge in [0.05, 0.1) is 5.69 Å². The van der Waals surface area contributed by atoms with Gasteiger partial charge in [-0.05, 0) is 43.6 Å². The van der Waals surface area contributed by atoms with Gasteiger partial charge in [-0.25, -0.2) is 0 Å². The maximum absolute atomic E-state index is 12.2. The Morgan fingerprint density at radius 2 is 2.22 bits per heavy atom. The Labute approximate surface area is 108 Å². The fourth-order valence-electron chi connectivity index (χ4n) is 2.51. The Morgan fingerprint density at radius 1 is 1.50 bits per heavy atom. The van der Waals surface area contributed by atoms with Gasteiger partial charge in [0.1, 0.15) is 5.69 Å². The van der Waals surface area contributed by atoms with E-state index in [0.29, 0.717) is 17.6 Å². The smallest absolute Gasteiger partial charge is 0.268 e. The molecule has 0 radical (unpaired) electrons. The van der Waals surface area contributed by atoms with Gasteiger partial charge < -0.3 is 15.6 Å². The molecule has 3 rings (SSSR count). The molecule has 98 valence electrons. The molecule has 1 unspecified atom stereocenters. The molecule has 2 saturated carbocycles. The van der Waals surface area contributed by atoms with Crippen LogP contribution in [0.5, 0.6) is 0 Å². The van der Waals surface area contributed by atoms with E-state index in [1.807, 2.05) is 10.8 Å². The first-order chi connectivity index (χ1) is 8.65. The van der Waals surface area contributed by atoms with E-state index in [4.69, 9.17) is 5.73 Å². The van der Waals surface area contributed by atoms with E-state index in [9.17, 15) is 4.79 Å². The second-order valence-electron chi connectivity index (χ2n) is 5.82. The number of nitrogens with zero attached hydrogens (tertiary/aromatic N) is 1. The van der Waals surface area contributed by atoms with E-state index in [1.54, 1.807) is 6.07 Å². The van der Waals surface area contributed by atoms with E-state index < -0.39 is 0 Å². The summed E-state index contributed by atoms with van der Waals surface area (Å²) in [7, 11) is 0. The van der Waals surface area contributed by atoms with Gasteiger partial charge in [-0.1, -0.05) is 6.92 Å². The van der Waals surface area contributed by atoms with Crippen molar-refractivity contribution in [2.24, 2.45) is 11.8 Å². The van der Waals surface area contributed by atoms with Crippen molar-refractivity contribution in [1.82, 2.24) is 9.88 Å². The van der Waals surface area contributed by atoms with Gasteiger partial charge in [-0.3, -0.25) is 4.79 Å². The van der Waals surface area contributed by atoms with Crippen LogP contribution in [-0.2, 0) is 0 Å². The zero-order valence-electron chi connectivity index (χ0n) is 10.9. The lowest BCUT2D eigenvalue weighted by atomic mass is 10.1. The van der Waals surface area contributed by atoms with Crippen molar-refractivity contribution >= 4 is 11.6 Å². The first-order valence-electron chi connectivity index (χ1n) is 6.90. The van der Waals surface area contributed by atoms with Crippen molar-refractivity contribution in [3.05, 3.63) is 18.0 Å². The van der Waals surface area contributed by atoms with Crippen LogP contribution in [0.4, 0.5) is 5.69 Å². The fourth-order valence-corrected chi connectivity index (χ4v) is 2.51. The summed E-state index contributed by atoms with van der Waals surface area (Å²) in [6.45, 7) is 2.99. The Kier molecular flexibility index (Phi) is 2.80. The molecule has 0 bridgehead atoms. The Bertz CT molecular complexity index is 458. The number of carbonyl (C=O) groups is 1. The van der Waals surface area contributed by atoms with Gasteiger partial charge in [0.15, 0.2) is 0 Å². The van der Waals surface area contributed by atoms with Gasteiger partial charge in [-0.2, -0.15) is 0 Å². The first-order valence-corrected chi connectivity index (χ1v) is 6.90. The highest BCUT2D eigenvalue weighted by atomic mass is 16.1. The number of aromatic nitrogens is 1. The number of hydrogen-bond acceptors (Lipinski definition) is 2. The molecular formula is C14H21N3O. The Morgan fingerprint density at radius 3 is 2.83 bits per heavy atom. The van der Waals surface area contributed by atoms with Crippen LogP contribution < -0.4 is 11.1 Å². The largest absolute Gasteiger partial charge is 0.397 e. The second-order valence-corrected chi connectivity index (χ2v) is 5.82. The maximum atomic E-state index is 12.2. The summed E-state index contributed by atoms with van der Waals surface area (Å²) >= 11 is 0. The summed E-state index contributed by atoms with van der Waals surface area (Å²) in [5.74, 6) is 1.44. The molecule has 0 spiro atoms. The van der Waals surface area contributed by atoms with E-state index in [-0.39, 0.29) is 5.91 Å². The van der Waals surface area contributed by atoms with Crippen molar-refractivity contribution in [1.29, 1.82) is 0 Å². The molecule has 1 amide bonds. The first kappa shape index (κ1) is 11.6. The molecule has 0 saturated heterocycles. The fraction of sp³-hybridized carbons (Fsp3) is 0.643. The summed E-state index contributed by atoms with van der Waals surface area (Å²) in [6, 6.07) is 2.28. The van der Waals surface area contributed by atoms with Crippen molar-refractivity contribution in [2.75, 3.05) is 12.3 Å². The zero-order chi connectivity index (χ0) is 12.7. The molecule has 4 nitrogen and oxygen atoms in total. The SMILES string of the molecule is CC(CNC(=O)c1cc(N)cn1C1CC1)C1CC1. The minimum atomic E-state index is 0.0195.